The Morgan fingerprint density at radius 1 is 1.17 bits per heavy atom. The van der Waals surface area contributed by atoms with Gasteiger partial charge in [-0.25, -0.2) is 9.97 Å². The Hall–Kier alpha value is -2.62. The molecule has 2 aromatic rings. The second kappa shape index (κ2) is 7.33. The Labute approximate surface area is 166 Å². The molecule has 0 spiro atoms. The molecule has 2 saturated heterocycles. The van der Waals surface area contributed by atoms with Crippen LogP contribution in [0.2, 0.25) is 0 Å². The molecular weight excluding hydrogens is 385 g/mol. The quantitative estimate of drug-likeness (QED) is 0.837. The largest absolute Gasteiger partial charge is 0.417 e. The van der Waals surface area contributed by atoms with Gasteiger partial charge in [-0.2, -0.15) is 18.2 Å². The molecule has 0 unspecified atom stereocenters. The van der Waals surface area contributed by atoms with Crippen molar-refractivity contribution in [1.29, 1.82) is 0 Å². The number of ether oxygens (including phenoxy) is 1. The number of nitrogens with zero attached hydrogens (tertiary/aromatic N) is 5. The van der Waals surface area contributed by atoms with Crippen molar-refractivity contribution < 1.29 is 17.9 Å². The Morgan fingerprint density at radius 3 is 2.59 bits per heavy atom. The SMILES string of the molecule is CC1CN(c2cc(-c3cnc(N)cc3C(F)(F)F)nc(N3CCOC[C@@H]3C)n2)C1. The van der Waals surface area contributed by atoms with E-state index in [1.54, 1.807) is 6.07 Å². The molecule has 1 atom stereocenters. The van der Waals surface area contributed by atoms with Crippen LogP contribution in [0.25, 0.3) is 11.3 Å². The highest BCUT2D eigenvalue weighted by Crippen LogP contribution is 2.38. The smallest absolute Gasteiger partial charge is 0.384 e. The fraction of sp³-hybridized carbons (Fsp3) is 0.526. The van der Waals surface area contributed by atoms with Crippen molar-refractivity contribution in [2.45, 2.75) is 26.1 Å². The van der Waals surface area contributed by atoms with E-state index in [1.165, 1.54) is 0 Å². The molecule has 0 amide bonds. The highest BCUT2D eigenvalue weighted by Gasteiger charge is 2.36. The predicted octanol–water partition coefficient (Wildman–Crippen LogP) is 2.82. The van der Waals surface area contributed by atoms with Gasteiger partial charge >= 0.3 is 6.18 Å². The summed E-state index contributed by atoms with van der Waals surface area (Å²) in [5.41, 5.74) is 4.74. The van der Waals surface area contributed by atoms with Crippen LogP contribution in [0, 0.1) is 5.92 Å². The van der Waals surface area contributed by atoms with Gasteiger partial charge in [-0.3, -0.25) is 0 Å². The summed E-state index contributed by atoms with van der Waals surface area (Å²) in [6.45, 7) is 7.32. The molecule has 29 heavy (non-hydrogen) atoms. The van der Waals surface area contributed by atoms with Crippen LogP contribution >= 0.6 is 0 Å². The van der Waals surface area contributed by atoms with Crippen molar-refractivity contribution in [2.24, 2.45) is 5.92 Å². The molecule has 10 heteroatoms. The van der Waals surface area contributed by atoms with E-state index in [4.69, 9.17) is 10.5 Å². The first-order valence-corrected chi connectivity index (χ1v) is 9.54. The predicted molar refractivity (Wildman–Crippen MR) is 104 cm³/mol. The summed E-state index contributed by atoms with van der Waals surface area (Å²) in [6.07, 6.45) is -3.44. The van der Waals surface area contributed by atoms with Crippen LogP contribution in [0.15, 0.2) is 18.3 Å². The number of morpholine rings is 1. The molecule has 2 aromatic heterocycles. The number of hydrogen-bond acceptors (Lipinski definition) is 7. The minimum Gasteiger partial charge on any atom is -0.384 e. The van der Waals surface area contributed by atoms with Crippen molar-refractivity contribution >= 4 is 17.6 Å². The Bertz CT molecular complexity index is 900. The van der Waals surface area contributed by atoms with Gasteiger partial charge in [0.15, 0.2) is 0 Å². The number of aromatic nitrogens is 3. The first-order valence-electron chi connectivity index (χ1n) is 9.54. The number of anilines is 3. The summed E-state index contributed by atoms with van der Waals surface area (Å²) >= 11 is 0. The first-order chi connectivity index (χ1) is 13.7. The molecule has 0 bridgehead atoms. The van der Waals surface area contributed by atoms with Crippen molar-refractivity contribution in [2.75, 3.05) is 48.4 Å². The summed E-state index contributed by atoms with van der Waals surface area (Å²) < 4.78 is 46.4. The van der Waals surface area contributed by atoms with E-state index in [1.807, 2.05) is 16.7 Å². The Morgan fingerprint density at radius 2 is 1.93 bits per heavy atom. The third-order valence-corrected chi connectivity index (χ3v) is 5.22. The molecule has 2 aliphatic heterocycles. The number of pyridine rings is 1. The number of nitrogen functional groups attached to an aromatic ring is 1. The number of rotatable bonds is 3. The summed E-state index contributed by atoms with van der Waals surface area (Å²) in [6, 6.07) is 2.47. The fourth-order valence-electron chi connectivity index (χ4n) is 3.67. The lowest BCUT2D eigenvalue weighted by molar-refractivity contribution is -0.137. The van der Waals surface area contributed by atoms with Crippen molar-refractivity contribution in [3.8, 4) is 11.3 Å². The lowest BCUT2D eigenvalue weighted by Gasteiger charge is -2.39. The molecule has 0 radical (unpaired) electrons. The molecule has 7 nitrogen and oxygen atoms in total. The molecule has 156 valence electrons. The Kier molecular flexibility index (Phi) is 4.97. The average molecular weight is 408 g/mol. The fourth-order valence-corrected chi connectivity index (χ4v) is 3.67. The number of hydrogen-bond donors (Lipinski definition) is 1. The van der Waals surface area contributed by atoms with Gasteiger partial charge in [-0.1, -0.05) is 6.92 Å². The zero-order valence-electron chi connectivity index (χ0n) is 16.3. The molecule has 2 N–H and O–H groups in total. The van der Waals surface area contributed by atoms with Crippen LogP contribution in [0.5, 0.6) is 0 Å². The van der Waals surface area contributed by atoms with Gasteiger partial charge in [0.2, 0.25) is 5.95 Å². The summed E-state index contributed by atoms with van der Waals surface area (Å²) in [5.74, 6) is 1.35. The van der Waals surface area contributed by atoms with Gasteiger partial charge in [0.25, 0.3) is 0 Å². The standard InChI is InChI=1S/C19H23F3N6O/c1-11-8-27(9-11)17-6-15(13-7-24-16(23)5-14(13)19(20,21)22)25-18(26-17)28-3-4-29-10-12(28)2/h5-7,11-12H,3-4,8-10H2,1-2H3,(H2,23,24)/t12-/m0/s1. The number of alkyl halides is 3. The van der Waals surface area contributed by atoms with Gasteiger partial charge in [-0.15, -0.1) is 0 Å². The van der Waals surface area contributed by atoms with Crippen LogP contribution in [-0.4, -0.2) is 53.8 Å². The maximum Gasteiger partial charge on any atom is 0.417 e. The minimum atomic E-state index is -4.57. The van der Waals surface area contributed by atoms with E-state index < -0.39 is 11.7 Å². The molecule has 4 rings (SSSR count). The van der Waals surface area contributed by atoms with Crippen LogP contribution in [-0.2, 0) is 10.9 Å². The van der Waals surface area contributed by atoms with Crippen LogP contribution < -0.4 is 15.5 Å². The highest BCUT2D eigenvalue weighted by molar-refractivity contribution is 5.69. The summed E-state index contributed by atoms with van der Waals surface area (Å²) in [5, 5.41) is 0. The zero-order valence-corrected chi connectivity index (χ0v) is 16.3. The lowest BCUT2D eigenvalue weighted by Crippen LogP contribution is -2.47. The highest BCUT2D eigenvalue weighted by atomic mass is 19.4. The van der Waals surface area contributed by atoms with E-state index in [0.29, 0.717) is 37.4 Å². The summed E-state index contributed by atoms with van der Waals surface area (Å²) in [4.78, 5) is 17.0. The van der Waals surface area contributed by atoms with Crippen molar-refractivity contribution in [3.05, 3.63) is 23.9 Å². The molecule has 0 aliphatic carbocycles. The lowest BCUT2D eigenvalue weighted by atomic mass is 10.0. The van der Waals surface area contributed by atoms with E-state index in [-0.39, 0.29) is 23.1 Å². The second-order valence-electron chi connectivity index (χ2n) is 7.69. The average Bonchev–Trinajstić information content (AvgIpc) is 2.65. The van der Waals surface area contributed by atoms with Crippen molar-refractivity contribution in [1.82, 2.24) is 15.0 Å². The zero-order chi connectivity index (χ0) is 20.8. The molecule has 0 aromatic carbocycles. The van der Waals surface area contributed by atoms with E-state index in [9.17, 15) is 13.2 Å². The number of nitrogens with two attached hydrogens (primary N) is 1. The normalized spacial score (nSPS) is 20.7. The third-order valence-electron chi connectivity index (χ3n) is 5.22. The second-order valence-corrected chi connectivity index (χ2v) is 7.69. The van der Waals surface area contributed by atoms with Crippen LogP contribution in [0.3, 0.4) is 0 Å². The van der Waals surface area contributed by atoms with Gasteiger partial charge < -0.3 is 20.3 Å². The first kappa shape index (κ1) is 19.7. The topological polar surface area (TPSA) is 80.4 Å². The van der Waals surface area contributed by atoms with Gasteiger partial charge in [-0.05, 0) is 18.9 Å². The Balaban J connectivity index is 1.83. The van der Waals surface area contributed by atoms with Crippen molar-refractivity contribution in [3.63, 3.8) is 0 Å². The van der Waals surface area contributed by atoms with Crippen LogP contribution in [0.4, 0.5) is 30.8 Å². The van der Waals surface area contributed by atoms with E-state index >= 15 is 0 Å². The maximum atomic E-state index is 13.7. The van der Waals surface area contributed by atoms with Gasteiger partial charge in [0.1, 0.15) is 11.6 Å². The molecule has 2 fully saturated rings. The monoisotopic (exact) mass is 408 g/mol. The molecule has 4 heterocycles. The third kappa shape index (κ3) is 3.93. The molecule has 0 saturated carbocycles. The minimum absolute atomic E-state index is 0.0220. The maximum absolute atomic E-state index is 13.7. The van der Waals surface area contributed by atoms with E-state index in [2.05, 4.69) is 21.9 Å². The van der Waals surface area contributed by atoms with Gasteiger partial charge in [0, 0.05) is 37.5 Å². The van der Waals surface area contributed by atoms with Gasteiger partial charge in [0.05, 0.1) is 30.5 Å². The number of halogens is 3. The molecular formula is C19H23F3N6O. The summed E-state index contributed by atoms with van der Waals surface area (Å²) in [7, 11) is 0. The van der Waals surface area contributed by atoms with E-state index in [0.717, 1.165) is 25.4 Å². The molecule has 2 aliphatic rings. The van der Waals surface area contributed by atoms with Crippen LogP contribution in [0.1, 0.15) is 19.4 Å².